The van der Waals surface area contributed by atoms with E-state index >= 15 is 0 Å². The Labute approximate surface area is 162 Å². The standard InChI is InChI=1S/C22H33NO4/c1-3-4-5-6-7-8-9-10-11-12-21(24)23-20(22(25)26)17-18-13-15-19(27-2)16-14-18/h13-17H,3-12H2,1-2H3,(H,23,24)(H,25,26). The Morgan fingerprint density at radius 2 is 1.52 bits per heavy atom. The number of carbonyl (C=O) groups excluding carboxylic acids is 1. The quantitative estimate of drug-likeness (QED) is 0.348. The third-order valence-corrected chi connectivity index (χ3v) is 4.44. The normalized spacial score (nSPS) is 11.3. The van der Waals surface area contributed by atoms with Gasteiger partial charge in [0, 0.05) is 6.42 Å². The summed E-state index contributed by atoms with van der Waals surface area (Å²) in [4.78, 5) is 23.4. The lowest BCUT2D eigenvalue weighted by Crippen LogP contribution is -2.26. The monoisotopic (exact) mass is 375 g/mol. The summed E-state index contributed by atoms with van der Waals surface area (Å²) in [5, 5.41) is 11.8. The summed E-state index contributed by atoms with van der Waals surface area (Å²) in [5.41, 5.74) is 0.581. The Hall–Kier alpha value is -2.30. The lowest BCUT2D eigenvalue weighted by Gasteiger charge is -2.07. The van der Waals surface area contributed by atoms with Crippen LogP contribution in [0.4, 0.5) is 0 Å². The number of rotatable bonds is 14. The third kappa shape index (κ3) is 10.4. The van der Waals surface area contributed by atoms with E-state index in [2.05, 4.69) is 12.2 Å². The molecule has 5 nitrogen and oxygen atoms in total. The Bertz CT molecular complexity index is 593. The van der Waals surface area contributed by atoms with E-state index in [1.807, 2.05) is 0 Å². The van der Waals surface area contributed by atoms with E-state index in [1.54, 1.807) is 31.4 Å². The van der Waals surface area contributed by atoms with E-state index in [1.165, 1.54) is 44.6 Å². The van der Waals surface area contributed by atoms with Crippen molar-refractivity contribution in [3.8, 4) is 5.75 Å². The van der Waals surface area contributed by atoms with Gasteiger partial charge in [-0.2, -0.15) is 0 Å². The minimum Gasteiger partial charge on any atom is -0.497 e. The fraction of sp³-hybridized carbons (Fsp3) is 0.545. The van der Waals surface area contributed by atoms with Gasteiger partial charge in [0.05, 0.1) is 7.11 Å². The molecule has 1 rings (SSSR count). The number of carboxylic acid groups (broad SMARTS) is 1. The number of unbranched alkanes of at least 4 members (excludes halogenated alkanes) is 8. The highest BCUT2D eigenvalue weighted by molar-refractivity contribution is 5.96. The van der Waals surface area contributed by atoms with Gasteiger partial charge >= 0.3 is 5.97 Å². The van der Waals surface area contributed by atoms with Crippen LogP contribution >= 0.6 is 0 Å². The summed E-state index contributed by atoms with van der Waals surface area (Å²) in [6.07, 6.45) is 12.4. The summed E-state index contributed by atoms with van der Waals surface area (Å²) >= 11 is 0. The lowest BCUT2D eigenvalue weighted by molar-refractivity contribution is -0.134. The van der Waals surface area contributed by atoms with Crippen molar-refractivity contribution in [1.29, 1.82) is 0 Å². The van der Waals surface area contributed by atoms with Crippen LogP contribution in [0.3, 0.4) is 0 Å². The number of ether oxygens (including phenoxy) is 1. The highest BCUT2D eigenvalue weighted by Crippen LogP contribution is 2.14. The number of carboxylic acids is 1. The third-order valence-electron chi connectivity index (χ3n) is 4.44. The second kappa shape index (κ2) is 13.8. The van der Waals surface area contributed by atoms with Crippen molar-refractivity contribution in [3.63, 3.8) is 0 Å². The highest BCUT2D eigenvalue weighted by atomic mass is 16.5. The van der Waals surface area contributed by atoms with Crippen LogP contribution in [0.25, 0.3) is 6.08 Å². The zero-order chi connectivity index (χ0) is 19.9. The van der Waals surface area contributed by atoms with E-state index in [4.69, 9.17) is 4.74 Å². The second-order valence-corrected chi connectivity index (χ2v) is 6.76. The van der Waals surface area contributed by atoms with Crippen LogP contribution in [-0.4, -0.2) is 24.1 Å². The van der Waals surface area contributed by atoms with Gasteiger partial charge in [-0.15, -0.1) is 0 Å². The lowest BCUT2D eigenvalue weighted by atomic mass is 10.1. The fourth-order valence-corrected chi connectivity index (χ4v) is 2.83. The minimum absolute atomic E-state index is 0.110. The van der Waals surface area contributed by atoms with Crippen molar-refractivity contribution >= 4 is 18.0 Å². The molecule has 0 radical (unpaired) electrons. The summed E-state index contributed by atoms with van der Waals surface area (Å²) in [6, 6.07) is 6.98. The molecule has 0 atom stereocenters. The number of carbonyl (C=O) groups is 2. The number of nitrogens with one attached hydrogen (secondary N) is 1. The number of methoxy groups -OCH3 is 1. The molecule has 1 aromatic rings. The topological polar surface area (TPSA) is 75.6 Å². The molecule has 1 aromatic carbocycles. The molecule has 0 spiro atoms. The predicted molar refractivity (Wildman–Crippen MR) is 109 cm³/mol. The average molecular weight is 376 g/mol. The summed E-state index contributed by atoms with van der Waals surface area (Å²) < 4.78 is 5.08. The molecule has 0 bridgehead atoms. The minimum atomic E-state index is -1.15. The molecular weight excluding hydrogens is 342 g/mol. The van der Waals surface area contributed by atoms with Crippen LogP contribution in [0, 0.1) is 0 Å². The molecule has 1 amide bonds. The maximum absolute atomic E-state index is 12.0. The number of hydrogen-bond acceptors (Lipinski definition) is 3. The molecule has 0 aliphatic carbocycles. The van der Waals surface area contributed by atoms with Crippen LogP contribution in [0.1, 0.15) is 76.7 Å². The van der Waals surface area contributed by atoms with Crippen LogP contribution in [0.5, 0.6) is 5.75 Å². The second-order valence-electron chi connectivity index (χ2n) is 6.76. The zero-order valence-corrected chi connectivity index (χ0v) is 16.6. The Balaban J connectivity index is 2.32. The van der Waals surface area contributed by atoms with Gasteiger partial charge in [-0.1, -0.05) is 70.4 Å². The SMILES string of the molecule is CCCCCCCCCCCC(=O)NC(=Cc1ccc(OC)cc1)C(=O)O. The highest BCUT2D eigenvalue weighted by Gasteiger charge is 2.11. The molecule has 2 N–H and O–H groups in total. The van der Waals surface area contributed by atoms with Gasteiger partial charge in [0.1, 0.15) is 11.4 Å². The summed E-state index contributed by atoms with van der Waals surface area (Å²) in [5.74, 6) is -0.704. The molecule has 0 fully saturated rings. The molecule has 0 aliphatic heterocycles. The van der Waals surface area contributed by atoms with Crippen molar-refractivity contribution < 1.29 is 19.4 Å². The van der Waals surface area contributed by atoms with Crippen LogP contribution < -0.4 is 10.1 Å². The van der Waals surface area contributed by atoms with Gasteiger partial charge in [0.25, 0.3) is 0 Å². The smallest absolute Gasteiger partial charge is 0.352 e. The molecule has 150 valence electrons. The average Bonchev–Trinajstić information content (AvgIpc) is 2.66. The van der Waals surface area contributed by atoms with Gasteiger partial charge in [0.15, 0.2) is 0 Å². The number of aliphatic carboxylic acids is 1. The largest absolute Gasteiger partial charge is 0.497 e. The Kier molecular flexibility index (Phi) is 11.7. The summed E-state index contributed by atoms with van der Waals surface area (Å²) in [7, 11) is 1.57. The molecular formula is C22H33NO4. The van der Waals surface area contributed by atoms with Crippen LogP contribution in [0.2, 0.25) is 0 Å². The maximum Gasteiger partial charge on any atom is 0.352 e. The van der Waals surface area contributed by atoms with Crippen LogP contribution in [0.15, 0.2) is 30.0 Å². The molecule has 27 heavy (non-hydrogen) atoms. The Morgan fingerprint density at radius 3 is 2.04 bits per heavy atom. The molecule has 0 saturated carbocycles. The van der Waals surface area contributed by atoms with Crippen molar-refractivity contribution in [1.82, 2.24) is 5.32 Å². The van der Waals surface area contributed by atoms with Crippen molar-refractivity contribution in [2.45, 2.75) is 71.1 Å². The predicted octanol–water partition coefficient (Wildman–Crippen LogP) is 5.16. The van der Waals surface area contributed by atoms with Crippen LogP contribution in [-0.2, 0) is 9.59 Å². The molecule has 0 unspecified atom stereocenters. The first kappa shape index (κ1) is 22.7. The first-order valence-electron chi connectivity index (χ1n) is 9.95. The van der Waals surface area contributed by atoms with Gasteiger partial charge < -0.3 is 15.2 Å². The van der Waals surface area contributed by atoms with Gasteiger partial charge in [-0.3, -0.25) is 4.79 Å². The van der Waals surface area contributed by atoms with Crippen molar-refractivity contribution in [2.75, 3.05) is 7.11 Å². The van der Waals surface area contributed by atoms with Crippen molar-refractivity contribution in [2.24, 2.45) is 0 Å². The van der Waals surface area contributed by atoms with Gasteiger partial charge in [0.2, 0.25) is 5.91 Å². The molecule has 0 saturated heterocycles. The molecule has 0 heterocycles. The first-order valence-corrected chi connectivity index (χ1v) is 9.95. The van der Waals surface area contributed by atoms with E-state index in [0.717, 1.165) is 19.3 Å². The fourth-order valence-electron chi connectivity index (χ4n) is 2.83. The van der Waals surface area contributed by atoms with E-state index in [0.29, 0.717) is 17.7 Å². The van der Waals surface area contributed by atoms with Gasteiger partial charge in [-0.05, 0) is 30.2 Å². The number of hydrogen-bond donors (Lipinski definition) is 2. The Morgan fingerprint density at radius 1 is 0.963 bits per heavy atom. The maximum atomic E-state index is 12.0. The zero-order valence-electron chi connectivity index (χ0n) is 16.6. The summed E-state index contributed by atoms with van der Waals surface area (Å²) in [6.45, 7) is 2.22. The first-order chi connectivity index (χ1) is 13.1. The van der Waals surface area contributed by atoms with Gasteiger partial charge in [-0.25, -0.2) is 4.79 Å². The van der Waals surface area contributed by atoms with Crippen molar-refractivity contribution in [3.05, 3.63) is 35.5 Å². The molecule has 0 aromatic heterocycles. The number of amides is 1. The van der Waals surface area contributed by atoms with E-state index < -0.39 is 5.97 Å². The van der Waals surface area contributed by atoms with E-state index in [9.17, 15) is 14.7 Å². The number of benzene rings is 1. The molecule has 5 heteroatoms. The van der Waals surface area contributed by atoms with E-state index in [-0.39, 0.29) is 11.6 Å². The molecule has 0 aliphatic rings.